The van der Waals surface area contributed by atoms with Crippen LogP contribution >= 0.6 is 22.9 Å². The lowest BCUT2D eigenvalue weighted by molar-refractivity contribution is -0.133. The second-order valence-electron chi connectivity index (χ2n) is 7.25. The van der Waals surface area contributed by atoms with E-state index in [0.29, 0.717) is 28.2 Å². The molecule has 0 aliphatic carbocycles. The van der Waals surface area contributed by atoms with E-state index in [1.54, 1.807) is 17.0 Å². The van der Waals surface area contributed by atoms with Crippen LogP contribution < -0.4 is 5.56 Å². The van der Waals surface area contributed by atoms with E-state index in [2.05, 4.69) is 4.98 Å². The van der Waals surface area contributed by atoms with Gasteiger partial charge in [0.05, 0.1) is 23.3 Å². The van der Waals surface area contributed by atoms with Gasteiger partial charge < -0.3 is 4.90 Å². The van der Waals surface area contributed by atoms with E-state index in [9.17, 15) is 18.0 Å². The Labute approximate surface area is 182 Å². The van der Waals surface area contributed by atoms with Crippen LogP contribution in [0.3, 0.4) is 0 Å². The molecule has 3 heterocycles. The first kappa shape index (κ1) is 21.0. The lowest BCUT2D eigenvalue weighted by Gasteiger charge is -2.27. The number of thiophene rings is 1. The molecule has 1 fully saturated rings. The summed E-state index contributed by atoms with van der Waals surface area (Å²) in [6.45, 7) is 2.04. The molecule has 1 aliphatic rings. The fourth-order valence-electron chi connectivity index (χ4n) is 3.71. The van der Waals surface area contributed by atoms with E-state index >= 15 is 0 Å². The average molecular weight is 466 g/mol. The van der Waals surface area contributed by atoms with Gasteiger partial charge in [-0.15, -0.1) is 11.3 Å². The van der Waals surface area contributed by atoms with Crippen LogP contribution in [-0.4, -0.2) is 52.9 Å². The number of carbonyl (C=O) groups excluding carboxylic acids is 1. The van der Waals surface area contributed by atoms with E-state index in [1.165, 1.54) is 22.2 Å². The van der Waals surface area contributed by atoms with Crippen LogP contribution in [-0.2, 0) is 21.2 Å². The highest BCUT2D eigenvalue weighted by atomic mass is 35.5. The first-order valence-electron chi connectivity index (χ1n) is 9.52. The fraction of sp³-hybridized carbons (Fsp3) is 0.350. The number of amides is 1. The van der Waals surface area contributed by atoms with Gasteiger partial charge in [-0.2, -0.15) is 0 Å². The zero-order valence-electron chi connectivity index (χ0n) is 16.2. The van der Waals surface area contributed by atoms with Gasteiger partial charge in [0.15, 0.2) is 9.84 Å². The summed E-state index contributed by atoms with van der Waals surface area (Å²) in [6.07, 6.45) is 1.81. The monoisotopic (exact) mass is 465 g/mol. The van der Waals surface area contributed by atoms with Crippen molar-refractivity contribution in [3.63, 3.8) is 0 Å². The number of halogens is 1. The van der Waals surface area contributed by atoms with Crippen molar-refractivity contribution in [3.8, 4) is 10.4 Å². The van der Waals surface area contributed by atoms with Crippen molar-refractivity contribution in [1.29, 1.82) is 0 Å². The molecule has 0 bridgehead atoms. The third kappa shape index (κ3) is 4.14. The molecule has 2 aromatic heterocycles. The van der Waals surface area contributed by atoms with Crippen molar-refractivity contribution in [2.75, 3.05) is 18.1 Å². The summed E-state index contributed by atoms with van der Waals surface area (Å²) in [5.74, 6) is -0.205. The molecule has 0 N–H and O–H groups in total. The van der Waals surface area contributed by atoms with Gasteiger partial charge in [0.25, 0.3) is 5.56 Å². The number of benzene rings is 1. The Hall–Kier alpha value is -2.23. The lowest BCUT2D eigenvalue weighted by Crippen LogP contribution is -2.43. The third-order valence-electron chi connectivity index (χ3n) is 5.25. The predicted molar refractivity (Wildman–Crippen MR) is 119 cm³/mol. The SMILES string of the molecule is CCN(C(=O)Cn1cnc2cc(-c3ccc(Cl)cc3)sc2c1=O)[C@H]1CCS(=O)(=O)C1. The minimum absolute atomic E-state index is 0.0197. The number of carbonyl (C=O) groups is 1. The average Bonchev–Trinajstić information content (AvgIpc) is 3.29. The highest BCUT2D eigenvalue weighted by Gasteiger charge is 2.34. The summed E-state index contributed by atoms with van der Waals surface area (Å²) in [7, 11) is -3.10. The van der Waals surface area contributed by atoms with Gasteiger partial charge in [-0.05, 0) is 37.1 Å². The standard InChI is InChI=1S/C20H20ClN3O4S2/c1-2-24(15-7-8-30(27,28)11-15)18(25)10-23-12-22-16-9-17(29-19(16)20(23)26)13-3-5-14(21)6-4-13/h3-6,9,12,15H,2,7-8,10-11H2,1H3/t15-/m0/s1. The highest BCUT2D eigenvalue weighted by Crippen LogP contribution is 2.31. The van der Waals surface area contributed by atoms with Crippen molar-refractivity contribution < 1.29 is 13.2 Å². The van der Waals surface area contributed by atoms with Crippen LogP contribution in [0.15, 0.2) is 41.5 Å². The van der Waals surface area contributed by atoms with Crippen molar-refractivity contribution in [1.82, 2.24) is 14.5 Å². The van der Waals surface area contributed by atoms with Crippen molar-refractivity contribution in [3.05, 3.63) is 52.0 Å². The normalized spacial score (nSPS) is 18.0. The van der Waals surface area contributed by atoms with Gasteiger partial charge in [-0.3, -0.25) is 14.2 Å². The summed E-state index contributed by atoms with van der Waals surface area (Å²) in [4.78, 5) is 32.6. The molecule has 10 heteroatoms. The maximum atomic E-state index is 12.9. The lowest BCUT2D eigenvalue weighted by atomic mass is 10.2. The number of likely N-dealkylation sites (N-methyl/N-ethyl adjacent to an activating group) is 1. The second-order valence-corrected chi connectivity index (χ2v) is 11.0. The van der Waals surface area contributed by atoms with E-state index in [4.69, 9.17) is 11.6 Å². The van der Waals surface area contributed by atoms with Crippen LogP contribution in [0.5, 0.6) is 0 Å². The van der Waals surface area contributed by atoms with E-state index in [0.717, 1.165) is 10.4 Å². The molecule has 30 heavy (non-hydrogen) atoms. The molecule has 1 aliphatic heterocycles. The smallest absolute Gasteiger partial charge is 0.271 e. The molecule has 1 saturated heterocycles. The maximum absolute atomic E-state index is 12.9. The molecule has 1 amide bonds. The topological polar surface area (TPSA) is 89.3 Å². The number of fused-ring (bicyclic) bond motifs is 1. The summed E-state index contributed by atoms with van der Waals surface area (Å²) >= 11 is 7.26. The second kappa shape index (κ2) is 8.13. The largest absolute Gasteiger partial charge is 0.337 e. The summed E-state index contributed by atoms with van der Waals surface area (Å²) < 4.78 is 25.3. The van der Waals surface area contributed by atoms with Crippen LogP contribution in [0.2, 0.25) is 5.02 Å². The third-order valence-corrected chi connectivity index (χ3v) is 8.41. The predicted octanol–water partition coefficient (Wildman–Crippen LogP) is 2.81. The van der Waals surface area contributed by atoms with Crippen molar-refractivity contribution >= 4 is 48.9 Å². The van der Waals surface area contributed by atoms with Gasteiger partial charge in [0.2, 0.25) is 5.91 Å². The molecular formula is C20H20ClN3O4S2. The number of hydrogen-bond acceptors (Lipinski definition) is 6. The van der Waals surface area contributed by atoms with Crippen LogP contribution in [0.4, 0.5) is 0 Å². The first-order chi connectivity index (χ1) is 14.3. The van der Waals surface area contributed by atoms with Crippen molar-refractivity contribution in [2.24, 2.45) is 0 Å². The Balaban J connectivity index is 1.60. The molecule has 158 valence electrons. The molecular weight excluding hydrogens is 446 g/mol. The first-order valence-corrected chi connectivity index (χ1v) is 12.5. The molecule has 0 unspecified atom stereocenters. The number of nitrogens with zero attached hydrogens (tertiary/aromatic N) is 3. The van der Waals surface area contributed by atoms with Gasteiger partial charge >= 0.3 is 0 Å². The highest BCUT2D eigenvalue weighted by molar-refractivity contribution is 7.91. The molecule has 7 nitrogen and oxygen atoms in total. The van der Waals surface area contributed by atoms with Crippen LogP contribution in [0, 0.1) is 0 Å². The van der Waals surface area contributed by atoms with Gasteiger partial charge in [-0.25, -0.2) is 13.4 Å². The van der Waals surface area contributed by atoms with E-state index in [-0.39, 0.29) is 35.6 Å². The molecule has 1 aromatic carbocycles. The maximum Gasteiger partial charge on any atom is 0.271 e. The Morgan fingerprint density at radius 1 is 1.33 bits per heavy atom. The molecule has 1 atom stereocenters. The van der Waals surface area contributed by atoms with Crippen molar-refractivity contribution in [2.45, 2.75) is 25.9 Å². The van der Waals surface area contributed by atoms with Crippen LogP contribution in [0.25, 0.3) is 20.7 Å². The van der Waals surface area contributed by atoms with Gasteiger partial charge in [0.1, 0.15) is 11.2 Å². The molecule has 3 aromatic rings. The zero-order chi connectivity index (χ0) is 21.5. The Kier molecular flexibility index (Phi) is 5.69. The quantitative estimate of drug-likeness (QED) is 0.578. The Bertz CT molecular complexity index is 1270. The van der Waals surface area contributed by atoms with Gasteiger partial charge in [0, 0.05) is 22.5 Å². The minimum atomic E-state index is -3.10. The number of sulfone groups is 1. The molecule has 0 radical (unpaired) electrons. The van der Waals surface area contributed by atoms with Crippen LogP contribution in [0.1, 0.15) is 13.3 Å². The summed E-state index contributed by atoms with van der Waals surface area (Å²) in [5.41, 5.74) is 1.23. The number of rotatable bonds is 5. The van der Waals surface area contributed by atoms with E-state index in [1.807, 2.05) is 25.1 Å². The van der Waals surface area contributed by atoms with Gasteiger partial charge in [-0.1, -0.05) is 23.7 Å². The number of aromatic nitrogens is 2. The summed E-state index contributed by atoms with van der Waals surface area (Å²) in [6, 6.07) is 8.84. The number of hydrogen-bond donors (Lipinski definition) is 0. The summed E-state index contributed by atoms with van der Waals surface area (Å²) in [5, 5.41) is 0.634. The fourth-order valence-corrected chi connectivity index (χ4v) is 6.63. The minimum Gasteiger partial charge on any atom is -0.337 e. The Morgan fingerprint density at radius 2 is 2.07 bits per heavy atom. The molecule has 0 spiro atoms. The Morgan fingerprint density at radius 3 is 2.70 bits per heavy atom. The molecule has 4 rings (SSSR count). The zero-order valence-corrected chi connectivity index (χ0v) is 18.6. The molecule has 0 saturated carbocycles. The van der Waals surface area contributed by atoms with E-state index < -0.39 is 9.84 Å².